The molecule has 0 radical (unpaired) electrons. The van der Waals surface area contributed by atoms with Crippen molar-refractivity contribution in [1.29, 1.82) is 0 Å². The zero-order valence-electron chi connectivity index (χ0n) is 18.6. The predicted octanol–water partition coefficient (Wildman–Crippen LogP) is 3.17. The average molecular weight is 606 g/mol. The van der Waals surface area contributed by atoms with Gasteiger partial charge in [0.25, 0.3) is 11.4 Å². The number of carbonyl (C=O) groups is 2. The second kappa shape index (κ2) is 10.2. The van der Waals surface area contributed by atoms with E-state index in [1.807, 2.05) is 0 Å². The van der Waals surface area contributed by atoms with Crippen molar-refractivity contribution in [2.24, 2.45) is 0 Å². The van der Waals surface area contributed by atoms with E-state index < -0.39 is 47.0 Å². The van der Waals surface area contributed by atoms with E-state index in [-0.39, 0.29) is 15.6 Å². The van der Waals surface area contributed by atoms with Gasteiger partial charge in [-0.25, -0.2) is 18.8 Å². The smallest absolute Gasteiger partial charge is 0.339 e. The van der Waals surface area contributed by atoms with E-state index in [0.29, 0.717) is 0 Å². The fourth-order valence-electron chi connectivity index (χ4n) is 3.87. The lowest BCUT2D eigenvalue weighted by atomic mass is 9.92. The number of benzene rings is 2. The molecule has 186 valence electrons. The number of ether oxygens (including phenoxy) is 3. The van der Waals surface area contributed by atoms with E-state index in [2.05, 4.69) is 11.6 Å². The van der Waals surface area contributed by atoms with Crippen LogP contribution in [0.4, 0.5) is 4.39 Å². The van der Waals surface area contributed by atoms with Crippen molar-refractivity contribution in [2.75, 3.05) is 4.43 Å². The molecule has 36 heavy (non-hydrogen) atoms. The number of rotatable bonds is 7. The Balaban J connectivity index is 1.86. The highest BCUT2D eigenvalue weighted by atomic mass is 127. The fourth-order valence-corrected chi connectivity index (χ4v) is 4.45. The second-order valence-electron chi connectivity index (χ2n) is 7.87. The summed E-state index contributed by atoms with van der Waals surface area (Å²) in [5.74, 6) is -4.52. The highest BCUT2D eigenvalue weighted by molar-refractivity contribution is 14.1. The normalized spacial score (nSPS) is 25.2. The number of hydrogen-bond donors (Lipinski definition) is 1. The first-order valence-corrected chi connectivity index (χ1v) is 12.2. The van der Waals surface area contributed by atoms with Crippen LogP contribution in [0, 0.1) is 0 Å². The molecule has 0 saturated carbocycles. The highest BCUT2D eigenvalue weighted by Gasteiger charge is 2.69. The summed E-state index contributed by atoms with van der Waals surface area (Å²) in [6, 6.07) is 16.7. The van der Waals surface area contributed by atoms with Crippen LogP contribution in [0.3, 0.4) is 0 Å². The van der Waals surface area contributed by atoms with E-state index in [1.165, 1.54) is 24.3 Å². The Kier molecular flexibility index (Phi) is 7.22. The molecule has 1 saturated heterocycles. The summed E-state index contributed by atoms with van der Waals surface area (Å²) in [6.07, 6.45) is -1.42. The van der Waals surface area contributed by atoms with Gasteiger partial charge in [-0.05, 0) is 30.3 Å². The Morgan fingerprint density at radius 2 is 1.64 bits per heavy atom. The molecule has 1 aliphatic heterocycles. The summed E-state index contributed by atoms with van der Waals surface area (Å²) in [6.45, 7) is 3.71. The number of esters is 2. The Morgan fingerprint density at radius 1 is 1.06 bits per heavy atom. The largest absolute Gasteiger partial charge is 0.448 e. The first kappa shape index (κ1) is 25.5. The summed E-state index contributed by atoms with van der Waals surface area (Å²) >= 11 is 1.69. The Morgan fingerprint density at radius 3 is 2.17 bits per heavy atom. The molecular weight excluding hydrogens is 586 g/mol. The molecule has 9 nitrogen and oxygen atoms in total. The fraction of sp³-hybridized carbons (Fsp3) is 0.200. The number of carbonyl (C=O) groups excluding carboxylic acids is 2. The van der Waals surface area contributed by atoms with Crippen molar-refractivity contribution in [1.82, 2.24) is 9.55 Å². The van der Waals surface area contributed by atoms with Crippen molar-refractivity contribution < 1.29 is 28.2 Å². The molecule has 0 spiro atoms. The van der Waals surface area contributed by atoms with E-state index in [0.717, 1.165) is 22.9 Å². The van der Waals surface area contributed by atoms with Gasteiger partial charge in [-0.15, -0.1) is 0 Å². The van der Waals surface area contributed by atoms with Gasteiger partial charge >= 0.3 is 17.6 Å². The van der Waals surface area contributed by atoms with Crippen LogP contribution in [-0.2, 0) is 14.2 Å². The van der Waals surface area contributed by atoms with Crippen LogP contribution < -0.4 is 11.2 Å². The van der Waals surface area contributed by atoms with E-state index in [9.17, 15) is 19.2 Å². The average Bonchev–Trinajstić information content (AvgIpc) is 3.13. The van der Waals surface area contributed by atoms with Crippen LogP contribution >= 0.6 is 22.6 Å². The molecule has 4 rings (SSSR count). The number of aromatic nitrogens is 2. The third-order valence-electron chi connectivity index (χ3n) is 5.61. The van der Waals surface area contributed by atoms with Gasteiger partial charge in [-0.2, -0.15) is 0 Å². The number of nitrogens with one attached hydrogen (secondary N) is 1. The molecule has 3 aromatic rings. The zero-order valence-corrected chi connectivity index (χ0v) is 20.8. The first-order valence-electron chi connectivity index (χ1n) is 10.7. The molecule has 11 heteroatoms. The van der Waals surface area contributed by atoms with Crippen molar-refractivity contribution in [3.05, 3.63) is 118 Å². The lowest BCUT2D eigenvalue weighted by Gasteiger charge is -2.35. The topological polar surface area (TPSA) is 117 Å². The van der Waals surface area contributed by atoms with Gasteiger partial charge in [0.1, 0.15) is 0 Å². The van der Waals surface area contributed by atoms with Crippen LogP contribution in [-0.4, -0.2) is 43.5 Å². The van der Waals surface area contributed by atoms with Crippen molar-refractivity contribution >= 4 is 34.5 Å². The molecule has 0 bridgehead atoms. The number of aromatic amines is 1. The molecule has 4 atom stereocenters. The number of alkyl halides is 2. The predicted molar refractivity (Wildman–Crippen MR) is 135 cm³/mol. The maximum absolute atomic E-state index is 16.3. The number of nitrogens with zero attached hydrogens (tertiary/aromatic N) is 1. The number of halogens is 2. The van der Waals surface area contributed by atoms with Gasteiger partial charge in [0.2, 0.25) is 11.7 Å². The third kappa shape index (κ3) is 4.63. The van der Waals surface area contributed by atoms with E-state index in [1.54, 1.807) is 59.0 Å². The Hall–Kier alpha value is -3.58. The summed E-state index contributed by atoms with van der Waals surface area (Å²) in [4.78, 5) is 52.5. The van der Waals surface area contributed by atoms with Gasteiger partial charge in [0, 0.05) is 12.3 Å². The molecular formula is C25H20FIN2O7. The summed E-state index contributed by atoms with van der Waals surface area (Å²) in [7, 11) is 0. The van der Waals surface area contributed by atoms with Gasteiger partial charge < -0.3 is 14.2 Å². The molecule has 0 amide bonds. The molecule has 0 unspecified atom stereocenters. The SMILES string of the molecule is C=C[C@]1(OC(=O)c2ccccc2)[C@H](n2ccc(=O)[nH]c2=O)O[C@](F)(CI)[C@H]1OC(=O)c1ccccc1. The minimum absolute atomic E-state index is 0.116. The lowest BCUT2D eigenvalue weighted by Crippen LogP contribution is -2.54. The Labute approximate surface area is 217 Å². The standard InChI is InChI=1S/C25H20FIN2O7/c1-2-24(35-20(32)17-11-7-4-8-12-17)21(34-19(31)16-9-5-3-6-10-16)25(26,15-27)36-22(24)29-14-13-18(30)28-23(29)33/h2-14,21-22H,1,15H2,(H,28,30,33)/t21-,22+,24+,25+/m0/s1. The number of H-pyrrole nitrogens is 1. The molecule has 2 heterocycles. The summed E-state index contributed by atoms with van der Waals surface area (Å²) in [5, 5.41) is 0. The first-order chi connectivity index (χ1) is 17.2. The van der Waals surface area contributed by atoms with Crippen molar-refractivity contribution in [2.45, 2.75) is 23.8 Å². The molecule has 1 aromatic heterocycles. The monoisotopic (exact) mass is 606 g/mol. The highest BCUT2D eigenvalue weighted by Crippen LogP contribution is 2.50. The molecule has 1 N–H and O–H groups in total. The van der Waals surface area contributed by atoms with Crippen LogP contribution in [0.15, 0.2) is 95.2 Å². The van der Waals surface area contributed by atoms with Gasteiger partial charge in [-0.1, -0.05) is 65.6 Å². The third-order valence-corrected chi connectivity index (χ3v) is 6.65. The molecule has 2 aromatic carbocycles. The summed E-state index contributed by atoms with van der Waals surface area (Å²) in [5.41, 5.74) is -3.64. The van der Waals surface area contributed by atoms with E-state index in [4.69, 9.17) is 14.2 Å². The summed E-state index contributed by atoms with van der Waals surface area (Å²) < 4.78 is 33.8. The minimum Gasteiger partial charge on any atom is -0.448 e. The van der Waals surface area contributed by atoms with Crippen molar-refractivity contribution in [3.63, 3.8) is 0 Å². The lowest BCUT2D eigenvalue weighted by molar-refractivity contribution is -0.170. The Bertz CT molecular complexity index is 1390. The van der Waals surface area contributed by atoms with Gasteiger partial charge in [0.15, 0.2) is 6.23 Å². The molecule has 1 aliphatic rings. The quantitative estimate of drug-likeness (QED) is 0.190. The van der Waals surface area contributed by atoms with Crippen LogP contribution in [0.2, 0.25) is 0 Å². The molecule has 1 fully saturated rings. The van der Waals surface area contributed by atoms with Crippen molar-refractivity contribution in [3.8, 4) is 0 Å². The zero-order chi connectivity index (χ0) is 25.9. The van der Waals surface area contributed by atoms with Gasteiger partial charge in [-0.3, -0.25) is 14.3 Å². The second-order valence-corrected chi connectivity index (χ2v) is 8.63. The van der Waals surface area contributed by atoms with Crippen LogP contribution in [0.1, 0.15) is 26.9 Å². The molecule has 0 aliphatic carbocycles. The van der Waals surface area contributed by atoms with Gasteiger partial charge in [0.05, 0.1) is 15.6 Å². The maximum Gasteiger partial charge on any atom is 0.339 e. The van der Waals surface area contributed by atoms with E-state index >= 15 is 4.39 Å². The van der Waals surface area contributed by atoms with Crippen LogP contribution in [0.25, 0.3) is 0 Å². The number of hydrogen-bond acceptors (Lipinski definition) is 7. The minimum atomic E-state index is -2.71. The van der Waals surface area contributed by atoms with Crippen LogP contribution in [0.5, 0.6) is 0 Å². The maximum atomic E-state index is 16.3.